The summed E-state index contributed by atoms with van der Waals surface area (Å²) in [6.45, 7) is 1.86. The summed E-state index contributed by atoms with van der Waals surface area (Å²) >= 11 is 0. The molecule has 0 fully saturated rings. The molecule has 0 aliphatic carbocycles. The number of unbranched alkanes of at least 4 members (excludes halogenated alkanes) is 1. The number of aliphatic imine (C=N–C) groups is 1. The molecule has 2 aromatic rings. The Balaban J connectivity index is 1.44. The number of halogens is 2. The summed E-state index contributed by atoms with van der Waals surface area (Å²) in [5, 5.41) is 7.93. The molecule has 8 nitrogen and oxygen atoms in total. The summed E-state index contributed by atoms with van der Waals surface area (Å²) in [7, 11) is 4.09. The average Bonchev–Trinajstić information content (AvgIpc) is 2.82. The zero-order chi connectivity index (χ0) is 25.9. The van der Waals surface area contributed by atoms with E-state index in [4.69, 9.17) is 4.74 Å². The van der Waals surface area contributed by atoms with Crippen LogP contribution in [0.2, 0.25) is 0 Å². The predicted octanol–water partition coefficient (Wildman–Crippen LogP) is 3.85. The van der Waals surface area contributed by atoms with Crippen molar-refractivity contribution in [3.05, 3.63) is 71.5 Å². The van der Waals surface area contributed by atoms with Gasteiger partial charge in [0.2, 0.25) is 5.91 Å². The number of carbonyl (C=O) groups is 2. The Hall–Kier alpha value is -3.63. The van der Waals surface area contributed by atoms with Gasteiger partial charge in [-0.15, -0.1) is 0 Å². The fourth-order valence-corrected chi connectivity index (χ4v) is 3.49. The molecule has 1 aliphatic heterocycles. The Morgan fingerprint density at radius 3 is 2.61 bits per heavy atom. The maximum absolute atomic E-state index is 14.6. The number of carbonyl (C=O) groups excluding carboxylic acids is 2. The molecule has 10 heteroatoms. The largest absolute Gasteiger partial charge is 0.458 e. The number of amides is 3. The number of imide groups is 1. The van der Waals surface area contributed by atoms with Gasteiger partial charge in [-0.3, -0.25) is 20.4 Å². The fraction of sp³-hybridized carbons (Fsp3) is 0.346. The quantitative estimate of drug-likeness (QED) is 0.409. The molecule has 36 heavy (non-hydrogen) atoms. The van der Waals surface area contributed by atoms with Crippen LogP contribution in [0.15, 0.2) is 59.3 Å². The molecule has 2 aromatic carbocycles. The van der Waals surface area contributed by atoms with Gasteiger partial charge in [0.1, 0.15) is 17.7 Å². The summed E-state index contributed by atoms with van der Waals surface area (Å²) in [6.07, 6.45) is 5.69. The van der Waals surface area contributed by atoms with Gasteiger partial charge in [-0.2, -0.15) is 0 Å². The minimum Gasteiger partial charge on any atom is -0.458 e. The lowest BCUT2D eigenvalue weighted by Gasteiger charge is -2.20. The van der Waals surface area contributed by atoms with Crippen molar-refractivity contribution in [1.82, 2.24) is 15.5 Å². The molecule has 1 heterocycles. The first-order valence-electron chi connectivity index (χ1n) is 11.7. The highest BCUT2D eigenvalue weighted by atomic mass is 19.1. The normalized spacial score (nSPS) is 14.9. The molecular weight excluding hydrogens is 468 g/mol. The summed E-state index contributed by atoms with van der Waals surface area (Å²) in [5.74, 6) is -1.07. The fourth-order valence-electron chi connectivity index (χ4n) is 3.49. The second-order valence-electron chi connectivity index (χ2n) is 8.67. The van der Waals surface area contributed by atoms with Gasteiger partial charge in [0.25, 0.3) is 0 Å². The zero-order valence-corrected chi connectivity index (χ0v) is 20.4. The minimum absolute atomic E-state index is 0.0135. The molecule has 0 spiro atoms. The molecule has 1 atom stereocenters. The summed E-state index contributed by atoms with van der Waals surface area (Å²) in [5.41, 5.74) is 0.710. The lowest BCUT2D eigenvalue weighted by atomic mass is 10.1. The third-order valence-corrected chi connectivity index (χ3v) is 5.29. The third kappa shape index (κ3) is 9.20. The van der Waals surface area contributed by atoms with E-state index >= 15 is 0 Å². The van der Waals surface area contributed by atoms with Crippen molar-refractivity contribution in [3.63, 3.8) is 0 Å². The van der Waals surface area contributed by atoms with Crippen LogP contribution in [-0.2, 0) is 11.2 Å². The standard InChI is InChI=1S/C26H31F2N5O3/c1-33(2)14-4-3-12-29-24-17-21(11-13-30-24)36-23-10-9-20(16-22(23)28)31-26(35)32-25(34)15-18-5-7-19(27)8-6-18/h5-11,13,16,24,29H,3-4,12,14-15,17H2,1-2H3,(H2,31,32,34,35). The molecule has 1 unspecified atom stereocenters. The number of nitrogens with one attached hydrogen (secondary N) is 3. The molecule has 3 N–H and O–H groups in total. The van der Waals surface area contributed by atoms with Crippen LogP contribution >= 0.6 is 0 Å². The lowest BCUT2D eigenvalue weighted by Crippen LogP contribution is -2.35. The van der Waals surface area contributed by atoms with Crippen LogP contribution in [0.3, 0.4) is 0 Å². The number of urea groups is 1. The van der Waals surface area contributed by atoms with Crippen molar-refractivity contribution in [3.8, 4) is 5.75 Å². The first-order chi connectivity index (χ1) is 17.3. The van der Waals surface area contributed by atoms with Gasteiger partial charge in [-0.25, -0.2) is 13.6 Å². The lowest BCUT2D eigenvalue weighted by molar-refractivity contribution is -0.119. The summed E-state index contributed by atoms with van der Waals surface area (Å²) < 4.78 is 33.3. The highest BCUT2D eigenvalue weighted by molar-refractivity contribution is 6.01. The Morgan fingerprint density at radius 1 is 1.11 bits per heavy atom. The van der Waals surface area contributed by atoms with Crippen LogP contribution in [-0.4, -0.2) is 56.4 Å². The minimum atomic E-state index is -0.805. The van der Waals surface area contributed by atoms with Crippen molar-refractivity contribution < 1.29 is 23.1 Å². The van der Waals surface area contributed by atoms with E-state index < -0.39 is 23.6 Å². The Bertz CT molecular complexity index is 1100. The van der Waals surface area contributed by atoms with Crippen molar-refractivity contribution in [2.45, 2.75) is 31.8 Å². The van der Waals surface area contributed by atoms with Gasteiger partial charge in [0.15, 0.2) is 11.6 Å². The molecule has 0 saturated carbocycles. The Morgan fingerprint density at radius 2 is 1.89 bits per heavy atom. The van der Waals surface area contributed by atoms with Crippen molar-refractivity contribution in [1.29, 1.82) is 0 Å². The van der Waals surface area contributed by atoms with E-state index in [0.29, 0.717) is 17.7 Å². The second kappa shape index (κ2) is 13.5. The van der Waals surface area contributed by atoms with Crippen LogP contribution in [0.25, 0.3) is 0 Å². The van der Waals surface area contributed by atoms with E-state index in [0.717, 1.165) is 32.0 Å². The molecule has 0 saturated heterocycles. The molecule has 3 rings (SSSR count). The second-order valence-corrected chi connectivity index (χ2v) is 8.67. The van der Waals surface area contributed by atoms with Gasteiger partial charge in [-0.05, 0) is 75.9 Å². The van der Waals surface area contributed by atoms with Gasteiger partial charge in [0.05, 0.1) is 6.42 Å². The monoisotopic (exact) mass is 499 g/mol. The van der Waals surface area contributed by atoms with Crippen LogP contribution in [0, 0.1) is 11.6 Å². The number of rotatable bonds is 11. The summed E-state index contributed by atoms with van der Waals surface area (Å²) in [6, 6.07) is 8.56. The van der Waals surface area contributed by atoms with Crippen LogP contribution < -0.4 is 20.7 Å². The van der Waals surface area contributed by atoms with E-state index in [-0.39, 0.29) is 24.0 Å². The molecule has 0 radical (unpaired) electrons. The number of ether oxygens (including phenoxy) is 1. The highest BCUT2D eigenvalue weighted by Gasteiger charge is 2.16. The first kappa shape index (κ1) is 27.0. The number of hydrogen-bond donors (Lipinski definition) is 3. The number of dihydropyridines is 1. The van der Waals surface area contributed by atoms with Crippen molar-refractivity contribution >= 4 is 23.8 Å². The first-order valence-corrected chi connectivity index (χ1v) is 11.7. The van der Waals surface area contributed by atoms with Gasteiger partial charge in [0, 0.05) is 24.4 Å². The van der Waals surface area contributed by atoms with Crippen molar-refractivity contribution in [2.75, 3.05) is 32.5 Å². The molecule has 0 bridgehead atoms. The van der Waals surface area contributed by atoms with E-state index in [9.17, 15) is 18.4 Å². The topological polar surface area (TPSA) is 95.1 Å². The van der Waals surface area contributed by atoms with Crippen LogP contribution in [0.4, 0.5) is 19.3 Å². The van der Waals surface area contributed by atoms with Gasteiger partial charge < -0.3 is 15.0 Å². The van der Waals surface area contributed by atoms with Gasteiger partial charge >= 0.3 is 6.03 Å². The Labute approximate surface area is 209 Å². The molecule has 1 aliphatic rings. The number of nitrogens with zero attached hydrogens (tertiary/aromatic N) is 2. The van der Waals surface area contributed by atoms with E-state index in [1.165, 1.54) is 36.4 Å². The Kier molecular flexibility index (Phi) is 10.1. The van der Waals surface area contributed by atoms with Crippen LogP contribution in [0.1, 0.15) is 24.8 Å². The smallest absolute Gasteiger partial charge is 0.325 e. The van der Waals surface area contributed by atoms with Gasteiger partial charge in [-0.1, -0.05) is 12.1 Å². The number of benzene rings is 2. The molecule has 0 aromatic heterocycles. The zero-order valence-electron chi connectivity index (χ0n) is 20.4. The van der Waals surface area contributed by atoms with E-state index in [1.807, 2.05) is 14.1 Å². The van der Waals surface area contributed by atoms with Crippen molar-refractivity contribution in [2.24, 2.45) is 4.99 Å². The number of anilines is 1. The maximum atomic E-state index is 14.6. The third-order valence-electron chi connectivity index (χ3n) is 5.29. The van der Waals surface area contributed by atoms with E-state index in [1.54, 1.807) is 12.3 Å². The maximum Gasteiger partial charge on any atom is 0.325 e. The summed E-state index contributed by atoms with van der Waals surface area (Å²) in [4.78, 5) is 30.6. The molecule has 192 valence electrons. The van der Waals surface area contributed by atoms with Crippen LogP contribution in [0.5, 0.6) is 5.75 Å². The van der Waals surface area contributed by atoms with E-state index in [2.05, 4.69) is 25.8 Å². The highest BCUT2D eigenvalue weighted by Crippen LogP contribution is 2.25. The molecule has 3 amide bonds. The average molecular weight is 500 g/mol. The predicted molar refractivity (Wildman–Crippen MR) is 135 cm³/mol. The molecular formula is C26H31F2N5O3. The SMILES string of the molecule is CN(C)CCCCNC1CC(Oc2ccc(NC(=O)NC(=O)Cc3ccc(F)cc3)cc2F)=CC=N1. The number of allylic oxidation sites excluding steroid dienone is 1. The number of hydrogen-bond acceptors (Lipinski definition) is 6.